The number of hydrogen-bond acceptors (Lipinski definition) is 3. The molecule has 0 heterocycles. The number of nitrogens with two attached hydrogens (primary N) is 1. The molecule has 0 aromatic heterocycles. The largest absolute Gasteiger partial charge is 0.413 e. The van der Waals surface area contributed by atoms with Crippen LogP contribution in [0.4, 0.5) is 0 Å². The highest BCUT2D eigenvalue weighted by atomic mass is 28.2. The maximum Gasteiger partial charge on any atom is 0.148 e. The van der Waals surface area contributed by atoms with E-state index in [0.29, 0.717) is 6.54 Å². The van der Waals surface area contributed by atoms with E-state index < -0.39 is 0 Å². The summed E-state index contributed by atoms with van der Waals surface area (Å²) in [4.78, 5) is 0. The molecular formula is C4H14N2OSi. The molecule has 8 heavy (non-hydrogen) atoms. The van der Waals surface area contributed by atoms with Crippen LogP contribution in [0.2, 0.25) is 0 Å². The highest BCUT2D eigenvalue weighted by Crippen LogP contribution is 1.75. The van der Waals surface area contributed by atoms with Gasteiger partial charge < -0.3 is 10.2 Å². The van der Waals surface area contributed by atoms with Crippen LogP contribution in [0.1, 0.15) is 6.92 Å². The lowest BCUT2D eigenvalue weighted by Crippen LogP contribution is -2.32. The fourth-order valence-electron chi connectivity index (χ4n) is 0.370. The molecule has 0 aliphatic carbocycles. The third-order valence-electron chi connectivity index (χ3n) is 0.930. The smallest absolute Gasteiger partial charge is 0.148 e. The van der Waals surface area contributed by atoms with Crippen molar-refractivity contribution in [3.63, 3.8) is 0 Å². The molecule has 0 saturated heterocycles. The molecule has 0 aromatic carbocycles. The van der Waals surface area contributed by atoms with Gasteiger partial charge in [-0.2, -0.15) is 0 Å². The topological polar surface area (TPSA) is 47.3 Å². The second-order valence-corrected chi connectivity index (χ2v) is 2.09. The minimum Gasteiger partial charge on any atom is -0.413 e. The molecule has 0 spiro atoms. The standard InChI is InChI=1S/C4H14N2OSi/c1-4(7-8)6-3-2-5/h4,6H,2-3,5H2,1,8H3. The Bertz CT molecular complexity index is 53.3. The van der Waals surface area contributed by atoms with Crippen molar-refractivity contribution in [2.24, 2.45) is 5.73 Å². The van der Waals surface area contributed by atoms with Crippen molar-refractivity contribution in [1.29, 1.82) is 0 Å². The zero-order valence-electron chi connectivity index (χ0n) is 5.48. The van der Waals surface area contributed by atoms with E-state index in [0.717, 1.165) is 17.0 Å². The van der Waals surface area contributed by atoms with Gasteiger partial charge in [-0.05, 0) is 6.92 Å². The first kappa shape index (κ1) is 8.10. The lowest BCUT2D eigenvalue weighted by molar-refractivity contribution is 0.203. The molecule has 3 nitrogen and oxygen atoms in total. The molecule has 1 atom stereocenters. The lowest BCUT2D eigenvalue weighted by Gasteiger charge is -2.09. The third kappa shape index (κ3) is 4.26. The molecule has 1 unspecified atom stereocenters. The van der Waals surface area contributed by atoms with Crippen molar-refractivity contribution < 1.29 is 4.43 Å². The summed E-state index contributed by atoms with van der Waals surface area (Å²) < 4.78 is 5.02. The van der Waals surface area contributed by atoms with Gasteiger partial charge in [0.15, 0.2) is 0 Å². The van der Waals surface area contributed by atoms with E-state index in [2.05, 4.69) is 5.32 Å². The van der Waals surface area contributed by atoms with E-state index in [1.165, 1.54) is 0 Å². The molecule has 0 fully saturated rings. The molecule has 3 N–H and O–H groups in total. The number of nitrogens with one attached hydrogen (secondary N) is 1. The molecule has 0 bridgehead atoms. The Morgan fingerprint density at radius 2 is 2.50 bits per heavy atom. The fraction of sp³-hybridized carbons (Fsp3) is 1.00. The first-order chi connectivity index (χ1) is 3.81. The van der Waals surface area contributed by atoms with Crippen LogP contribution in [0.25, 0.3) is 0 Å². The summed E-state index contributed by atoms with van der Waals surface area (Å²) >= 11 is 0. The number of hydrogen-bond donors (Lipinski definition) is 2. The maximum atomic E-state index is 5.22. The zero-order chi connectivity index (χ0) is 6.41. The van der Waals surface area contributed by atoms with Crippen molar-refractivity contribution in [2.75, 3.05) is 13.1 Å². The van der Waals surface area contributed by atoms with Crippen LogP contribution in [0.3, 0.4) is 0 Å². The maximum absolute atomic E-state index is 5.22. The fourth-order valence-corrected chi connectivity index (χ4v) is 0.537. The van der Waals surface area contributed by atoms with E-state index in [9.17, 15) is 0 Å². The quantitative estimate of drug-likeness (QED) is 0.351. The Morgan fingerprint density at radius 1 is 1.88 bits per heavy atom. The SMILES string of the molecule is CC(NCCN)O[SiH3]. The van der Waals surface area contributed by atoms with Gasteiger partial charge in [-0.3, -0.25) is 5.32 Å². The molecular weight excluding hydrogens is 120 g/mol. The first-order valence-electron chi connectivity index (χ1n) is 2.77. The summed E-state index contributed by atoms with van der Waals surface area (Å²) in [7, 11) is 0.786. The van der Waals surface area contributed by atoms with Crippen molar-refractivity contribution in [1.82, 2.24) is 5.32 Å². The van der Waals surface area contributed by atoms with Crippen LogP contribution in [0.15, 0.2) is 0 Å². The van der Waals surface area contributed by atoms with Gasteiger partial charge in [0.05, 0.1) is 6.23 Å². The third-order valence-corrected chi connectivity index (χ3v) is 1.64. The Hall–Kier alpha value is 0.0969. The van der Waals surface area contributed by atoms with E-state index >= 15 is 0 Å². The summed E-state index contributed by atoms with van der Waals surface area (Å²) in [6.45, 7) is 3.49. The predicted octanol–water partition coefficient (Wildman–Crippen LogP) is -1.82. The minimum atomic E-state index is 0.185. The van der Waals surface area contributed by atoms with Gasteiger partial charge >= 0.3 is 0 Å². The van der Waals surface area contributed by atoms with E-state index in [1.807, 2.05) is 6.92 Å². The summed E-state index contributed by atoms with van der Waals surface area (Å²) in [6, 6.07) is 0. The number of rotatable bonds is 4. The first-order valence-corrected chi connectivity index (χ1v) is 3.59. The molecule has 4 heteroatoms. The Kier molecular flexibility index (Phi) is 5.30. The molecule has 0 radical (unpaired) electrons. The monoisotopic (exact) mass is 134 g/mol. The zero-order valence-corrected chi connectivity index (χ0v) is 7.48. The van der Waals surface area contributed by atoms with E-state index in [4.69, 9.17) is 10.2 Å². The summed E-state index contributed by atoms with van der Waals surface area (Å²) in [5.41, 5.74) is 5.22. The van der Waals surface area contributed by atoms with Crippen LogP contribution in [0, 0.1) is 0 Å². The minimum absolute atomic E-state index is 0.185. The van der Waals surface area contributed by atoms with Crippen LogP contribution in [0.5, 0.6) is 0 Å². The molecule has 50 valence electrons. The van der Waals surface area contributed by atoms with E-state index in [-0.39, 0.29) is 6.23 Å². The second kappa shape index (κ2) is 5.24. The van der Waals surface area contributed by atoms with Crippen molar-refractivity contribution in [3.05, 3.63) is 0 Å². The average molecular weight is 134 g/mol. The Labute approximate surface area is 53.1 Å². The van der Waals surface area contributed by atoms with Gasteiger partial charge in [0.2, 0.25) is 0 Å². The Balaban J connectivity index is 2.86. The predicted molar refractivity (Wildman–Crippen MR) is 37.5 cm³/mol. The lowest BCUT2D eigenvalue weighted by atomic mass is 10.6. The molecule has 0 rings (SSSR count). The van der Waals surface area contributed by atoms with Gasteiger partial charge in [0.1, 0.15) is 10.5 Å². The Morgan fingerprint density at radius 3 is 2.88 bits per heavy atom. The van der Waals surface area contributed by atoms with Gasteiger partial charge in [-0.15, -0.1) is 0 Å². The summed E-state index contributed by atoms with van der Waals surface area (Å²) in [5.74, 6) is 0. The summed E-state index contributed by atoms with van der Waals surface area (Å²) in [6.07, 6.45) is 0.185. The van der Waals surface area contributed by atoms with Crippen molar-refractivity contribution in [3.8, 4) is 0 Å². The highest BCUT2D eigenvalue weighted by molar-refractivity contribution is 5.98. The van der Waals surface area contributed by atoms with Crippen LogP contribution in [-0.2, 0) is 4.43 Å². The normalized spacial score (nSPS) is 14.2. The van der Waals surface area contributed by atoms with Crippen molar-refractivity contribution >= 4 is 10.5 Å². The molecule has 0 aliphatic rings. The average Bonchev–Trinajstić information content (AvgIpc) is 1.83. The second-order valence-electron chi connectivity index (χ2n) is 1.62. The van der Waals surface area contributed by atoms with Gasteiger partial charge in [0, 0.05) is 13.1 Å². The van der Waals surface area contributed by atoms with Crippen molar-refractivity contribution in [2.45, 2.75) is 13.2 Å². The van der Waals surface area contributed by atoms with Gasteiger partial charge in [0.25, 0.3) is 0 Å². The van der Waals surface area contributed by atoms with Crippen LogP contribution in [-0.4, -0.2) is 29.8 Å². The van der Waals surface area contributed by atoms with Crippen LogP contribution < -0.4 is 11.1 Å². The molecule has 0 amide bonds. The van der Waals surface area contributed by atoms with Crippen LogP contribution >= 0.6 is 0 Å². The van der Waals surface area contributed by atoms with Gasteiger partial charge in [-0.25, -0.2) is 0 Å². The molecule has 0 saturated carbocycles. The summed E-state index contributed by atoms with van der Waals surface area (Å²) in [5, 5.41) is 3.07. The van der Waals surface area contributed by atoms with Gasteiger partial charge in [-0.1, -0.05) is 0 Å². The molecule has 0 aromatic rings. The van der Waals surface area contributed by atoms with E-state index in [1.54, 1.807) is 0 Å². The highest BCUT2D eigenvalue weighted by Gasteiger charge is 1.91. The molecule has 0 aliphatic heterocycles.